The number of para-hydroxylation sites is 1. The van der Waals surface area contributed by atoms with Crippen LogP contribution in [0.1, 0.15) is 22.2 Å². The van der Waals surface area contributed by atoms with Crippen molar-refractivity contribution in [3.63, 3.8) is 0 Å². The Morgan fingerprint density at radius 2 is 2.05 bits per heavy atom. The molecule has 0 aliphatic heterocycles. The number of nitro groups is 1. The van der Waals surface area contributed by atoms with Crippen LogP contribution in [0.4, 0.5) is 5.69 Å². The SMILES string of the molecule is C/C(=N\NC(=O)c1ccccc1[N+](=O)[O-])c1cccs1. The number of benzene rings is 1. The largest absolute Gasteiger partial charge is 0.282 e. The molecule has 0 atom stereocenters. The van der Waals surface area contributed by atoms with Crippen LogP contribution in [0.25, 0.3) is 0 Å². The topological polar surface area (TPSA) is 84.6 Å². The Kier molecular flexibility index (Phi) is 4.21. The van der Waals surface area contributed by atoms with E-state index >= 15 is 0 Å². The van der Waals surface area contributed by atoms with Crippen molar-refractivity contribution in [2.45, 2.75) is 6.92 Å². The maximum atomic E-state index is 11.9. The van der Waals surface area contributed by atoms with Gasteiger partial charge in [0.1, 0.15) is 5.56 Å². The van der Waals surface area contributed by atoms with Gasteiger partial charge in [0, 0.05) is 10.9 Å². The lowest BCUT2D eigenvalue weighted by Gasteiger charge is -2.02. The van der Waals surface area contributed by atoms with Crippen LogP contribution >= 0.6 is 11.3 Å². The standard InChI is InChI=1S/C13H11N3O3S/c1-9(12-7-4-8-20-12)14-15-13(17)10-5-2-3-6-11(10)16(18)19/h2-8H,1H3,(H,15,17)/b14-9+. The first kappa shape index (κ1) is 13.9. The molecule has 0 radical (unpaired) electrons. The molecule has 0 unspecified atom stereocenters. The molecule has 7 heteroatoms. The Morgan fingerprint density at radius 3 is 2.70 bits per heavy atom. The summed E-state index contributed by atoms with van der Waals surface area (Å²) in [5.74, 6) is -0.604. The lowest BCUT2D eigenvalue weighted by Crippen LogP contribution is -2.20. The van der Waals surface area contributed by atoms with Gasteiger partial charge in [-0.05, 0) is 24.4 Å². The van der Waals surface area contributed by atoms with Crippen molar-refractivity contribution in [2.24, 2.45) is 5.10 Å². The Balaban J connectivity index is 2.17. The molecule has 0 aliphatic rings. The first-order chi connectivity index (χ1) is 9.59. The van der Waals surface area contributed by atoms with Gasteiger partial charge in [0.25, 0.3) is 11.6 Å². The van der Waals surface area contributed by atoms with Gasteiger partial charge < -0.3 is 0 Å². The molecule has 102 valence electrons. The lowest BCUT2D eigenvalue weighted by atomic mass is 10.2. The number of rotatable bonds is 4. The third kappa shape index (κ3) is 3.07. The molecule has 0 spiro atoms. The summed E-state index contributed by atoms with van der Waals surface area (Å²) in [4.78, 5) is 23.1. The molecule has 1 N–H and O–H groups in total. The molecule has 20 heavy (non-hydrogen) atoms. The van der Waals surface area contributed by atoms with Crippen LogP contribution < -0.4 is 5.43 Å². The van der Waals surface area contributed by atoms with Gasteiger partial charge in [0.2, 0.25) is 0 Å². The maximum Gasteiger partial charge on any atom is 0.282 e. The second-order valence-corrected chi connectivity index (χ2v) is 4.84. The molecular formula is C13H11N3O3S. The van der Waals surface area contributed by atoms with Crippen LogP contribution in [-0.4, -0.2) is 16.5 Å². The highest BCUT2D eigenvalue weighted by atomic mass is 32.1. The minimum Gasteiger partial charge on any atom is -0.267 e. The van der Waals surface area contributed by atoms with Crippen molar-refractivity contribution in [1.29, 1.82) is 0 Å². The van der Waals surface area contributed by atoms with Crippen LogP contribution in [0.3, 0.4) is 0 Å². The number of nitrogens with zero attached hydrogens (tertiary/aromatic N) is 2. The van der Waals surface area contributed by atoms with E-state index in [0.29, 0.717) is 5.71 Å². The van der Waals surface area contributed by atoms with E-state index in [2.05, 4.69) is 10.5 Å². The van der Waals surface area contributed by atoms with Crippen molar-refractivity contribution < 1.29 is 9.72 Å². The second kappa shape index (κ2) is 6.07. The molecule has 0 aliphatic carbocycles. The Bertz CT molecular complexity index is 665. The summed E-state index contributed by atoms with van der Waals surface area (Å²) in [5, 5.41) is 16.7. The van der Waals surface area contributed by atoms with Crippen molar-refractivity contribution in [2.75, 3.05) is 0 Å². The fourth-order valence-corrected chi connectivity index (χ4v) is 2.24. The molecule has 1 aromatic carbocycles. The first-order valence-electron chi connectivity index (χ1n) is 5.71. The normalized spacial score (nSPS) is 11.2. The number of amides is 1. The number of carbonyl (C=O) groups excluding carboxylic acids is 1. The third-order valence-corrected chi connectivity index (χ3v) is 3.53. The summed E-state index contributed by atoms with van der Waals surface area (Å²) in [6.45, 7) is 1.76. The summed E-state index contributed by atoms with van der Waals surface area (Å²) in [6.07, 6.45) is 0. The summed E-state index contributed by atoms with van der Waals surface area (Å²) in [7, 11) is 0. The van der Waals surface area contributed by atoms with Gasteiger partial charge >= 0.3 is 0 Å². The number of nitro benzene ring substituents is 1. The molecular weight excluding hydrogens is 278 g/mol. The molecule has 0 saturated heterocycles. The molecule has 1 amide bonds. The Labute approximate surface area is 118 Å². The smallest absolute Gasteiger partial charge is 0.267 e. The maximum absolute atomic E-state index is 11.9. The summed E-state index contributed by atoms with van der Waals surface area (Å²) >= 11 is 1.50. The predicted molar refractivity (Wildman–Crippen MR) is 77.1 cm³/mol. The number of hydrazone groups is 1. The lowest BCUT2D eigenvalue weighted by molar-refractivity contribution is -0.385. The first-order valence-corrected chi connectivity index (χ1v) is 6.59. The van der Waals surface area contributed by atoms with E-state index in [1.54, 1.807) is 13.0 Å². The third-order valence-electron chi connectivity index (χ3n) is 2.55. The zero-order valence-corrected chi connectivity index (χ0v) is 11.4. The Morgan fingerprint density at radius 1 is 1.30 bits per heavy atom. The van der Waals surface area contributed by atoms with Crippen molar-refractivity contribution in [3.05, 3.63) is 62.3 Å². The van der Waals surface area contributed by atoms with Gasteiger partial charge in [0.05, 0.1) is 10.6 Å². The van der Waals surface area contributed by atoms with Gasteiger partial charge in [-0.2, -0.15) is 5.10 Å². The van der Waals surface area contributed by atoms with Gasteiger partial charge in [-0.1, -0.05) is 18.2 Å². The predicted octanol–water partition coefficient (Wildman–Crippen LogP) is 2.81. The molecule has 0 fully saturated rings. The van der Waals surface area contributed by atoms with Crippen LogP contribution in [-0.2, 0) is 0 Å². The van der Waals surface area contributed by atoms with Crippen molar-refractivity contribution in [3.8, 4) is 0 Å². The minimum absolute atomic E-state index is 0.0137. The fraction of sp³-hybridized carbons (Fsp3) is 0.0769. The number of carbonyl (C=O) groups is 1. The van der Waals surface area contributed by atoms with Crippen LogP contribution in [0.2, 0.25) is 0 Å². The molecule has 1 heterocycles. The quantitative estimate of drug-likeness (QED) is 0.533. The van der Waals surface area contributed by atoms with E-state index in [1.165, 1.54) is 29.5 Å². The van der Waals surface area contributed by atoms with E-state index in [0.717, 1.165) is 4.88 Å². The average Bonchev–Trinajstić information content (AvgIpc) is 2.98. The average molecular weight is 289 g/mol. The molecule has 1 aromatic heterocycles. The number of hydrogen-bond acceptors (Lipinski definition) is 5. The van der Waals surface area contributed by atoms with Crippen LogP contribution in [0.15, 0.2) is 46.9 Å². The monoisotopic (exact) mass is 289 g/mol. The van der Waals surface area contributed by atoms with E-state index in [-0.39, 0.29) is 11.3 Å². The summed E-state index contributed by atoms with van der Waals surface area (Å²) in [6, 6.07) is 9.50. The number of nitrogens with one attached hydrogen (secondary N) is 1. The second-order valence-electron chi connectivity index (χ2n) is 3.89. The number of thiophene rings is 1. The molecule has 0 bridgehead atoms. The van der Waals surface area contributed by atoms with E-state index in [9.17, 15) is 14.9 Å². The van der Waals surface area contributed by atoms with Gasteiger partial charge in [-0.15, -0.1) is 11.3 Å². The van der Waals surface area contributed by atoms with Gasteiger partial charge in [-0.25, -0.2) is 5.43 Å². The van der Waals surface area contributed by atoms with Gasteiger partial charge in [-0.3, -0.25) is 14.9 Å². The highest BCUT2D eigenvalue weighted by Gasteiger charge is 2.18. The highest BCUT2D eigenvalue weighted by molar-refractivity contribution is 7.12. The van der Waals surface area contributed by atoms with Crippen molar-refractivity contribution >= 4 is 28.6 Å². The zero-order valence-electron chi connectivity index (χ0n) is 10.6. The number of hydrogen-bond donors (Lipinski definition) is 1. The minimum atomic E-state index is -0.604. The molecule has 2 rings (SSSR count). The van der Waals surface area contributed by atoms with Crippen LogP contribution in [0.5, 0.6) is 0 Å². The van der Waals surface area contributed by atoms with E-state index in [4.69, 9.17) is 0 Å². The van der Waals surface area contributed by atoms with E-state index in [1.807, 2.05) is 17.5 Å². The van der Waals surface area contributed by atoms with E-state index < -0.39 is 10.8 Å². The summed E-state index contributed by atoms with van der Waals surface area (Å²) in [5.41, 5.74) is 2.72. The molecule has 6 nitrogen and oxygen atoms in total. The van der Waals surface area contributed by atoms with Gasteiger partial charge in [0.15, 0.2) is 0 Å². The van der Waals surface area contributed by atoms with Crippen LogP contribution in [0, 0.1) is 10.1 Å². The molecule has 0 saturated carbocycles. The summed E-state index contributed by atoms with van der Waals surface area (Å²) < 4.78 is 0. The molecule has 2 aromatic rings. The fourth-order valence-electron chi connectivity index (χ4n) is 1.56. The highest BCUT2D eigenvalue weighted by Crippen LogP contribution is 2.17. The van der Waals surface area contributed by atoms with Crippen molar-refractivity contribution in [1.82, 2.24) is 5.43 Å². The Hall–Kier alpha value is -2.54. The zero-order chi connectivity index (χ0) is 14.5.